The summed E-state index contributed by atoms with van der Waals surface area (Å²) in [7, 11) is 0. The monoisotopic (exact) mass is 207 g/mol. The van der Waals surface area contributed by atoms with E-state index < -0.39 is 0 Å². The van der Waals surface area contributed by atoms with Gasteiger partial charge < -0.3 is 4.90 Å². The van der Waals surface area contributed by atoms with Crippen LogP contribution in [-0.2, 0) is 4.79 Å². The molecule has 1 atom stereocenters. The Labute approximate surface area is 92.3 Å². The molecule has 0 aromatic heterocycles. The highest BCUT2D eigenvalue weighted by molar-refractivity contribution is 5.87. The van der Waals surface area contributed by atoms with Crippen LogP contribution in [-0.4, -0.2) is 23.9 Å². The van der Waals surface area contributed by atoms with Crippen LogP contribution in [0, 0.1) is 17.3 Å². The molecule has 84 valence electrons. The van der Waals surface area contributed by atoms with Crippen LogP contribution >= 0.6 is 0 Å². The molecule has 0 bridgehead atoms. The van der Waals surface area contributed by atoms with E-state index in [4.69, 9.17) is 0 Å². The van der Waals surface area contributed by atoms with E-state index in [0.717, 1.165) is 24.9 Å². The number of amides is 1. The van der Waals surface area contributed by atoms with Crippen LogP contribution in [0.2, 0.25) is 0 Å². The van der Waals surface area contributed by atoms with Crippen LogP contribution < -0.4 is 0 Å². The number of likely N-dealkylation sites (tertiary alicyclic amines) is 1. The molecular formula is C13H21NO. The summed E-state index contributed by atoms with van der Waals surface area (Å²) in [6.45, 7) is 10.1. The summed E-state index contributed by atoms with van der Waals surface area (Å²) < 4.78 is 0. The SMILES string of the molecule is C=CC(=O)N1CC2(CCC(C(C)C)C2)C1. The molecule has 1 aliphatic heterocycles. The Morgan fingerprint density at radius 1 is 1.53 bits per heavy atom. The van der Waals surface area contributed by atoms with E-state index >= 15 is 0 Å². The fourth-order valence-corrected chi connectivity index (χ4v) is 3.16. The maximum atomic E-state index is 11.4. The standard InChI is InChI=1S/C13H21NO/c1-4-12(15)14-8-13(9-14)6-5-11(7-13)10(2)3/h4,10-11H,1,5-9H2,2-3H3. The van der Waals surface area contributed by atoms with Crippen molar-refractivity contribution in [2.24, 2.45) is 17.3 Å². The summed E-state index contributed by atoms with van der Waals surface area (Å²) >= 11 is 0. The van der Waals surface area contributed by atoms with Crippen LogP contribution in [0.15, 0.2) is 12.7 Å². The first-order valence-corrected chi connectivity index (χ1v) is 5.98. The highest BCUT2D eigenvalue weighted by Gasteiger charge is 2.49. The lowest BCUT2D eigenvalue weighted by atomic mass is 9.76. The third kappa shape index (κ3) is 1.82. The topological polar surface area (TPSA) is 20.3 Å². The van der Waals surface area contributed by atoms with Gasteiger partial charge in [0.15, 0.2) is 0 Å². The van der Waals surface area contributed by atoms with E-state index in [1.54, 1.807) is 0 Å². The van der Waals surface area contributed by atoms with Gasteiger partial charge in [-0.15, -0.1) is 0 Å². The summed E-state index contributed by atoms with van der Waals surface area (Å²) in [5.74, 6) is 1.79. The predicted molar refractivity (Wildman–Crippen MR) is 61.4 cm³/mol. The Bertz CT molecular complexity index is 276. The highest BCUT2D eigenvalue weighted by atomic mass is 16.2. The second-order valence-electron chi connectivity index (χ2n) is 5.65. The lowest BCUT2D eigenvalue weighted by molar-refractivity contribution is -0.137. The second kappa shape index (κ2) is 3.66. The lowest BCUT2D eigenvalue weighted by Crippen LogP contribution is -2.56. The van der Waals surface area contributed by atoms with Crippen LogP contribution in [0.25, 0.3) is 0 Å². The first-order chi connectivity index (χ1) is 7.06. The zero-order chi connectivity index (χ0) is 11.1. The summed E-state index contributed by atoms with van der Waals surface area (Å²) in [5.41, 5.74) is 0.480. The number of nitrogens with zero attached hydrogens (tertiary/aromatic N) is 1. The molecule has 1 amide bonds. The Balaban J connectivity index is 1.88. The van der Waals surface area contributed by atoms with Gasteiger partial charge in [-0.2, -0.15) is 0 Å². The van der Waals surface area contributed by atoms with Crippen molar-refractivity contribution < 1.29 is 4.79 Å². The third-order valence-electron chi connectivity index (χ3n) is 4.22. The molecule has 1 aliphatic carbocycles. The van der Waals surface area contributed by atoms with Crippen molar-refractivity contribution in [1.29, 1.82) is 0 Å². The fourth-order valence-electron chi connectivity index (χ4n) is 3.16. The summed E-state index contributed by atoms with van der Waals surface area (Å²) in [6, 6.07) is 0. The summed E-state index contributed by atoms with van der Waals surface area (Å²) in [4.78, 5) is 13.3. The molecule has 15 heavy (non-hydrogen) atoms. The zero-order valence-corrected chi connectivity index (χ0v) is 9.83. The molecule has 1 saturated carbocycles. The Kier molecular flexibility index (Phi) is 2.61. The predicted octanol–water partition coefficient (Wildman–Crippen LogP) is 2.46. The Morgan fingerprint density at radius 2 is 2.20 bits per heavy atom. The minimum Gasteiger partial charge on any atom is -0.338 e. The highest BCUT2D eigenvalue weighted by Crippen LogP contribution is 2.50. The molecule has 0 aromatic rings. The third-order valence-corrected chi connectivity index (χ3v) is 4.22. The smallest absolute Gasteiger partial charge is 0.245 e. The van der Waals surface area contributed by atoms with Crippen molar-refractivity contribution >= 4 is 5.91 Å². The molecule has 1 spiro atoms. The minimum atomic E-state index is 0.105. The summed E-state index contributed by atoms with van der Waals surface area (Å²) in [6.07, 6.45) is 5.43. The van der Waals surface area contributed by atoms with Crippen LogP contribution in [0.1, 0.15) is 33.1 Å². The second-order valence-corrected chi connectivity index (χ2v) is 5.65. The molecule has 1 heterocycles. The zero-order valence-electron chi connectivity index (χ0n) is 9.83. The van der Waals surface area contributed by atoms with Gasteiger partial charge in [0.05, 0.1) is 0 Å². The summed E-state index contributed by atoms with van der Waals surface area (Å²) in [5, 5.41) is 0. The Hall–Kier alpha value is -0.790. The van der Waals surface area contributed by atoms with Gasteiger partial charge in [0.25, 0.3) is 0 Å². The number of carbonyl (C=O) groups excluding carboxylic acids is 1. The average Bonchev–Trinajstić information content (AvgIpc) is 2.59. The number of rotatable bonds is 2. The fraction of sp³-hybridized carbons (Fsp3) is 0.769. The van der Waals surface area contributed by atoms with E-state index in [0.29, 0.717) is 5.41 Å². The molecule has 2 nitrogen and oxygen atoms in total. The van der Waals surface area contributed by atoms with Crippen molar-refractivity contribution in [2.75, 3.05) is 13.1 Å². The molecule has 2 aliphatic rings. The van der Waals surface area contributed by atoms with E-state index in [1.165, 1.54) is 25.3 Å². The Morgan fingerprint density at radius 3 is 2.67 bits per heavy atom. The van der Waals surface area contributed by atoms with Gasteiger partial charge in [-0.05, 0) is 37.2 Å². The first kappa shape index (κ1) is 10.7. The van der Waals surface area contributed by atoms with Gasteiger partial charge in [-0.1, -0.05) is 20.4 Å². The molecule has 0 aromatic carbocycles. The van der Waals surface area contributed by atoms with Crippen molar-refractivity contribution in [3.63, 3.8) is 0 Å². The maximum absolute atomic E-state index is 11.4. The van der Waals surface area contributed by atoms with Gasteiger partial charge >= 0.3 is 0 Å². The molecular weight excluding hydrogens is 186 g/mol. The van der Waals surface area contributed by atoms with E-state index in [2.05, 4.69) is 20.4 Å². The first-order valence-electron chi connectivity index (χ1n) is 5.98. The molecule has 2 rings (SSSR count). The maximum Gasteiger partial charge on any atom is 0.245 e. The quantitative estimate of drug-likeness (QED) is 0.637. The normalized spacial score (nSPS) is 28.2. The van der Waals surface area contributed by atoms with Gasteiger partial charge in [0.1, 0.15) is 0 Å². The van der Waals surface area contributed by atoms with Crippen LogP contribution in [0.5, 0.6) is 0 Å². The van der Waals surface area contributed by atoms with Gasteiger partial charge in [0, 0.05) is 18.5 Å². The van der Waals surface area contributed by atoms with Crippen molar-refractivity contribution in [2.45, 2.75) is 33.1 Å². The lowest BCUT2D eigenvalue weighted by Gasteiger charge is -2.48. The number of hydrogen-bond acceptors (Lipinski definition) is 1. The van der Waals surface area contributed by atoms with Crippen molar-refractivity contribution in [3.8, 4) is 0 Å². The number of carbonyl (C=O) groups is 1. The van der Waals surface area contributed by atoms with Crippen LogP contribution in [0.4, 0.5) is 0 Å². The number of hydrogen-bond donors (Lipinski definition) is 0. The van der Waals surface area contributed by atoms with E-state index in [1.807, 2.05) is 4.90 Å². The molecule has 0 radical (unpaired) electrons. The van der Waals surface area contributed by atoms with Gasteiger partial charge in [0.2, 0.25) is 5.91 Å². The van der Waals surface area contributed by atoms with Gasteiger partial charge in [-0.3, -0.25) is 4.79 Å². The minimum absolute atomic E-state index is 0.105. The molecule has 1 saturated heterocycles. The molecule has 0 N–H and O–H groups in total. The van der Waals surface area contributed by atoms with Crippen molar-refractivity contribution in [3.05, 3.63) is 12.7 Å². The van der Waals surface area contributed by atoms with Gasteiger partial charge in [-0.25, -0.2) is 0 Å². The van der Waals surface area contributed by atoms with Crippen LogP contribution in [0.3, 0.4) is 0 Å². The molecule has 1 unspecified atom stereocenters. The average molecular weight is 207 g/mol. The largest absolute Gasteiger partial charge is 0.338 e. The van der Waals surface area contributed by atoms with E-state index in [9.17, 15) is 4.79 Å². The van der Waals surface area contributed by atoms with E-state index in [-0.39, 0.29) is 5.91 Å². The molecule has 2 fully saturated rings. The molecule has 2 heteroatoms. The van der Waals surface area contributed by atoms with Crippen molar-refractivity contribution in [1.82, 2.24) is 4.90 Å².